The smallest absolute Gasteiger partial charge is 0.127 e. The van der Waals surface area contributed by atoms with Crippen LogP contribution in [-0.4, -0.2) is 6.10 Å². The summed E-state index contributed by atoms with van der Waals surface area (Å²) in [6.07, 6.45) is 1.94. The third kappa shape index (κ3) is 3.84. The summed E-state index contributed by atoms with van der Waals surface area (Å²) in [6, 6.07) is 21.7. The van der Waals surface area contributed by atoms with Gasteiger partial charge in [-0.25, -0.2) is 0 Å². The van der Waals surface area contributed by atoms with E-state index in [2.05, 4.69) is 12.1 Å². The van der Waals surface area contributed by atoms with Gasteiger partial charge < -0.3 is 4.74 Å². The minimum absolute atomic E-state index is 0.0504. The monoisotopic (exact) mass is 347 g/mol. The first-order valence-electron chi connectivity index (χ1n) is 8.14. The van der Waals surface area contributed by atoms with Crippen molar-refractivity contribution in [1.82, 2.24) is 0 Å². The van der Waals surface area contributed by atoms with Crippen molar-refractivity contribution in [2.24, 2.45) is 0 Å². The maximum Gasteiger partial charge on any atom is 0.127 e. The number of halogens is 1. The summed E-state index contributed by atoms with van der Waals surface area (Å²) in [4.78, 5) is 0. The molecular formula is C22H18ClNO. The summed E-state index contributed by atoms with van der Waals surface area (Å²) >= 11 is 5.96. The van der Waals surface area contributed by atoms with E-state index in [-0.39, 0.29) is 6.10 Å². The molecule has 124 valence electrons. The van der Waals surface area contributed by atoms with E-state index in [1.807, 2.05) is 62.4 Å². The minimum Gasteiger partial charge on any atom is -0.490 e. The van der Waals surface area contributed by atoms with Gasteiger partial charge in [-0.05, 0) is 54.5 Å². The molecule has 0 unspecified atom stereocenters. The van der Waals surface area contributed by atoms with E-state index < -0.39 is 0 Å². The normalized spacial score (nSPS) is 11.6. The van der Waals surface area contributed by atoms with Crippen molar-refractivity contribution in [2.75, 3.05) is 0 Å². The van der Waals surface area contributed by atoms with Crippen molar-refractivity contribution in [3.05, 3.63) is 76.8 Å². The molecule has 0 aliphatic rings. The van der Waals surface area contributed by atoms with Crippen LogP contribution >= 0.6 is 11.6 Å². The first-order valence-corrected chi connectivity index (χ1v) is 8.52. The fraction of sp³-hybridized carbons (Fsp3) is 0.136. The Morgan fingerprint density at radius 1 is 1.04 bits per heavy atom. The second-order valence-corrected chi connectivity index (χ2v) is 6.48. The first kappa shape index (κ1) is 17.1. The summed E-state index contributed by atoms with van der Waals surface area (Å²) in [6.45, 7) is 3.99. The van der Waals surface area contributed by atoms with E-state index in [4.69, 9.17) is 16.3 Å². The van der Waals surface area contributed by atoms with Crippen LogP contribution in [0, 0.1) is 11.3 Å². The van der Waals surface area contributed by atoms with Gasteiger partial charge in [-0.15, -0.1) is 0 Å². The van der Waals surface area contributed by atoms with Crippen molar-refractivity contribution >= 4 is 34.0 Å². The van der Waals surface area contributed by atoms with Gasteiger partial charge in [-0.3, -0.25) is 0 Å². The van der Waals surface area contributed by atoms with Gasteiger partial charge in [0.2, 0.25) is 0 Å². The zero-order valence-corrected chi connectivity index (χ0v) is 14.9. The number of allylic oxidation sites excluding steroid dienone is 1. The molecule has 0 bridgehead atoms. The Hall–Kier alpha value is -2.76. The van der Waals surface area contributed by atoms with Gasteiger partial charge in [0.1, 0.15) is 5.75 Å². The zero-order valence-electron chi connectivity index (χ0n) is 14.2. The summed E-state index contributed by atoms with van der Waals surface area (Å²) in [5.74, 6) is 0.774. The van der Waals surface area contributed by atoms with Crippen molar-refractivity contribution in [2.45, 2.75) is 20.0 Å². The lowest BCUT2D eigenvalue weighted by Crippen LogP contribution is -2.06. The molecule has 0 amide bonds. The molecule has 3 aromatic rings. The maximum atomic E-state index is 9.66. The van der Waals surface area contributed by atoms with Gasteiger partial charge in [-0.2, -0.15) is 5.26 Å². The molecule has 3 rings (SSSR count). The number of nitriles is 1. The molecule has 0 atom stereocenters. The van der Waals surface area contributed by atoms with Crippen LogP contribution in [0.15, 0.2) is 60.7 Å². The molecule has 0 heterocycles. The van der Waals surface area contributed by atoms with E-state index in [0.717, 1.165) is 27.6 Å². The summed E-state index contributed by atoms with van der Waals surface area (Å²) < 4.78 is 5.98. The minimum atomic E-state index is 0.0504. The number of ether oxygens (including phenoxy) is 1. The molecule has 3 heteroatoms. The quantitative estimate of drug-likeness (QED) is 0.407. The lowest BCUT2D eigenvalue weighted by molar-refractivity contribution is 0.242. The van der Waals surface area contributed by atoms with E-state index >= 15 is 0 Å². The van der Waals surface area contributed by atoms with E-state index in [1.165, 1.54) is 0 Å². The van der Waals surface area contributed by atoms with Crippen LogP contribution in [0.5, 0.6) is 5.75 Å². The van der Waals surface area contributed by atoms with Crippen LogP contribution in [0.4, 0.5) is 0 Å². The van der Waals surface area contributed by atoms with Crippen LogP contribution in [0.3, 0.4) is 0 Å². The van der Waals surface area contributed by atoms with Crippen LogP contribution < -0.4 is 4.74 Å². The molecule has 0 saturated heterocycles. The highest BCUT2D eigenvalue weighted by Crippen LogP contribution is 2.32. The van der Waals surface area contributed by atoms with E-state index in [9.17, 15) is 5.26 Å². The predicted octanol–water partition coefficient (Wildman–Crippen LogP) is 6.34. The Bertz CT molecular complexity index is 965. The summed E-state index contributed by atoms with van der Waals surface area (Å²) in [5.41, 5.74) is 2.32. The van der Waals surface area contributed by atoms with Gasteiger partial charge in [0.05, 0.1) is 17.7 Å². The highest BCUT2D eigenvalue weighted by atomic mass is 35.5. The predicted molar refractivity (Wildman–Crippen MR) is 105 cm³/mol. The van der Waals surface area contributed by atoms with E-state index in [1.54, 1.807) is 12.1 Å². The summed E-state index contributed by atoms with van der Waals surface area (Å²) in [7, 11) is 0. The van der Waals surface area contributed by atoms with Crippen LogP contribution in [0.1, 0.15) is 25.0 Å². The number of hydrogen-bond donors (Lipinski definition) is 0. The number of hydrogen-bond acceptors (Lipinski definition) is 2. The third-order valence-electron chi connectivity index (χ3n) is 3.86. The van der Waals surface area contributed by atoms with Gasteiger partial charge >= 0.3 is 0 Å². The fourth-order valence-corrected chi connectivity index (χ4v) is 2.86. The lowest BCUT2D eigenvalue weighted by atomic mass is 9.98. The molecule has 0 aliphatic heterocycles. The Balaban J connectivity index is 2.21. The molecule has 0 spiro atoms. The van der Waals surface area contributed by atoms with Crippen molar-refractivity contribution in [3.63, 3.8) is 0 Å². The molecule has 0 radical (unpaired) electrons. The molecule has 2 nitrogen and oxygen atoms in total. The Labute approximate surface area is 152 Å². The molecule has 3 aromatic carbocycles. The number of fused-ring (bicyclic) bond motifs is 1. The zero-order chi connectivity index (χ0) is 17.8. The van der Waals surface area contributed by atoms with E-state index in [0.29, 0.717) is 10.6 Å². The van der Waals surface area contributed by atoms with Crippen LogP contribution in [0.2, 0.25) is 5.02 Å². The van der Waals surface area contributed by atoms with Crippen molar-refractivity contribution in [1.29, 1.82) is 5.26 Å². The van der Waals surface area contributed by atoms with Crippen molar-refractivity contribution in [3.8, 4) is 11.8 Å². The molecule has 0 aliphatic carbocycles. The Morgan fingerprint density at radius 2 is 1.76 bits per heavy atom. The fourth-order valence-electron chi connectivity index (χ4n) is 2.74. The van der Waals surface area contributed by atoms with Gasteiger partial charge in [0, 0.05) is 10.6 Å². The first-order chi connectivity index (χ1) is 12.1. The number of rotatable bonds is 4. The van der Waals surface area contributed by atoms with Crippen LogP contribution in [-0.2, 0) is 0 Å². The molecule has 25 heavy (non-hydrogen) atoms. The summed E-state index contributed by atoms with van der Waals surface area (Å²) in [5, 5.41) is 12.5. The maximum absolute atomic E-state index is 9.66. The third-order valence-corrected chi connectivity index (χ3v) is 4.11. The number of benzene rings is 3. The molecular weight excluding hydrogens is 330 g/mol. The molecule has 0 N–H and O–H groups in total. The van der Waals surface area contributed by atoms with Gasteiger partial charge in [0.25, 0.3) is 0 Å². The topological polar surface area (TPSA) is 33.0 Å². The Morgan fingerprint density at radius 3 is 2.44 bits per heavy atom. The standard InChI is InChI=1S/C22H18ClNO/c1-15(2)25-22-12-9-17-5-3-4-6-20(17)21(22)13-18(14-24)16-7-10-19(23)11-8-16/h3-13,15H,1-2H3/b18-13+. The second kappa shape index (κ2) is 7.42. The second-order valence-electron chi connectivity index (χ2n) is 6.04. The van der Waals surface area contributed by atoms with Gasteiger partial charge in [0.15, 0.2) is 0 Å². The largest absolute Gasteiger partial charge is 0.490 e. The average molecular weight is 348 g/mol. The Kier molecular flexibility index (Phi) is 5.07. The van der Waals surface area contributed by atoms with Crippen LogP contribution in [0.25, 0.3) is 22.4 Å². The van der Waals surface area contributed by atoms with Crippen molar-refractivity contribution < 1.29 is 4.74 Å². The highest BCUT2D eigenvalue weighted by Gasteiger charge is 2.11. The molecule has 0 fully saturated rings. The SMILES string of the molecule is CC(C)Oc1ccc2ccccc2c1/C=C(\C#N)c1ccc(Cl)cc1. The molecule has 0 aromatic heterocycles. The average Bonchev–Trinajstić information content (AvgIpc) is 2.61. The lowest BCUT2D eigenvalue weighted by Gasteiger charge is -2.15. The number of nitrogens with zero attached hydrogens (tertiary/aromatic N) is 1. The molecule has 0 saturated carbocycles. The highest BCUT2D eigenvalue weighted by molar-refractivity contribution is 6.30. The van der Waals surface area contributed by atoms with Gasteiger partial charge in [-0.1, -0.05) is 54.1 Å².